The number of ether oxygens (including phenoxy) is 1. The van der Waals surface area contributed by atoms with Crippen molar-refractivity contribution >= 4 is 21.6 Å². The Morgan fingerprint density at radius 2 is 1.79 bits per heavy atom. The molecule has 0 bridgehead atoms. The van der Waals surface area contributed by atoms with Crippen LogP contribution in [0.1, 0.15) is 33.3 Å². The van der Waals surface area contributed by atoms with Crippen molar-refractivity contribution in [2.24, 2.45) is 0 Å². The molecule has 0 aromatic heterocycles. The first-order valence-corrected chi connectivity index (χ1v) is 7.17. The zero-order chi connectivity index (χ0) is 14.3. The van der Waals surface area contributed by atoms with E-state index in [2.05, 4.69) is 54.6 Å². The van der Waals surface area contributed by atoms with Gasteiger partial charge in [-0.15, -0.1) is 0 Å². The van der Waals surface area contributed by atoms with E-state index in [0.717, 1.165) is 23.2 Å². The standard InChI is InChI=1S/C15H19BrN2O/c1-14(2)9-18(10-15(3,4)19-14)12-6-5-11(8-17)13(16)7-12/h5-7H,9-10H2,1-4H3. The predicted molar refractivity (Wildman–Crippen MR) is 80.3 cm³/mol. The molecule has 1 aliphatic heterocycles. The first-order valence-electron chi connectivity index (χ1n) is 6.37. The fraction of sp³-hybridized carbons (Fsp3) is 0.533. The lowest BCUT2D eigenvalue weighted by Crippen LogP contribution is -2.57. The van der Waals surface area contributed by atoms with Crippen molar-refractivity contribution in [3.05, 3.63) is 28.2 Å². The van der Waals surface area contributed by atoms with Gasteiger partial charge in [-0.25, -0.2) is 0 Å². The minimum atomic E-state index is -0.178. The Morgan fingerprint density at radius 1 is 1.21 bits per heavy atom. The summed E-state index contributed by atoms with van der Waals surface area (Å²) >= 11 is 3.45. The van der Waals surface area contributed by atoms with Crippen molar-refractivity contribution in [2.75, 3.05) is 18.0 Å². The zero-order valence-electron chi connectivity index (χ0n) is 11.8. The van der Waals surface area contributed by atoms with E-state index >= 15 is 0 Å². The molecule has 0 radical (unpaired) electrons. The molecule has 1 aromatic rings. The molecular weight excluding hydrogens is 304 g/mol. The highest BCUT2D eigenvalue weighted by molar-refractivity contribution is 9.10. The molecule has 1 heterocycles. The van der Waals surface area contributed by atoms with Gasteiger partial charge in [-0.05, 0) is 61.8 Å². The van der Waals surface area contributed by atoms with Gasteiger partial charge in [0, 0.05) is 23.2 Å². The van der Waals surface area contributed by atoms with Gasteiger partial charge in [-0.1, -0.05) is 0 Å². The van der Waals surface area contributed by atoms with Gasteiger partial charge in [0.25, 0.3) is 0 Å². The smallest absolute Gasteiger partial charge is 0.100 e. The van der Waals surface area contributed by atoms with Crippen molar-refractivity contribution in [3.8, 4) is 6.07 Å². The van der Waals surface area contributed by atoms with Crippen LogP contribution in [0.15, 0.2) is 22.7 Å². The topological polar surface area (TPSA) is 36.3 Å². The van der Waals surface area contributed by atoms with Crippen LogP contribution in [0.4, 0.5) is 5.69 Å². The summed E-state index contributed by atoms with van der Waals surface area (Å²) in [7, 11) is 0. The SMILES string of the molecule is CC1(C)CN(c2ccc(C#N)c(Br)c2)CC(C)(C)O1. The maximum Gasteiger partial charge on any atom is 0.100 e. The second-order valence-electron chi connectivity index (χ2n) is 6.25. The Labute approximate surface area is 123 Å². The summed E-state index contributed by atoms with van der Waals surface area (Å²) in [5.41, 5.74) is 1.43. The van der Waals surface area contributed by atoms with E-state index in [9.17, 15) is 0 Å². The molecule has 19 heavy (non-hydrogen) atoms. The lowest BCUT2D eigenvalue weighted by atomic mass is 9.98. The van der Waals surface area contributed by atoms with Crippen LogP contribution in [0.5, 0.6) is 0 Å². The lowest BCUT2D eigenvalue weighted by molar-refractivity contribution is -0.133. The number of nitrogens with zero attached hydrogens (tertiary/aromatic N) is 2. The van der Waals surface area contributed by atoms with Crippen molar-refractivity contribution < 1.29 is 4.74 Å². The van der Waals surface area contributed by atoms with Crippen LogP contribution in [0.2, 0.25) is 0 Å². The molecule has 2 rings (SSSR count). The molecule has 1 aliphatic rings. The van der Waals surface area contributed by atoms with Gasteiger partial charge in [0.1, 0.15) is 6.07 Å². The number of anilines is 1. The normalized spacial score (nSPS) is 20.9. The van der Waals surface area contributed by atoms with E-state index in [1.807, 2.05) is 18.2 Å². The number of hydrogen-bond donors (Lipinski definition) is 0. The molecule has 1 saturated heterocycles. The van der Waals surface area contributed by atoms with Crippen molar-refractivity contribution in [1.29, 1.82) is 5.26 Å². The molecule has 0 N–H and O–H groups in total. The maximum absolute atomic E-state index is 8.97. The van der Waals surface area contributed by atoms with Crippen LogP contribution in [0.25, 0.3) is 0 Å². The van der Waals surface area contributed by atoms with Gasteiger partial charge < -0.3 is 9.64 Å². The number of halogens is 1. The van der Waals surface area contributed by atoms with Crippen LogP contribution in [-0.4, -0.2) is 24.3 Å². The first-order chi connectivity index (χ1) is 8.72. The molecule has 0 amide bonds. The highest BCUT2D eigenvalue weighted by Gasteiger charge is 2.38. The quantitative estimate of drug-likeness (QED) is 0.790. The number of benzene rings is 1. The molecule has 0 atom stereocenters. The second kappa shape index (κ2) is 4.81. The van der Waals surface area contributed by atoms with Gasteiger partial charge in [-0.3, -0.25) is 0 Å². The van der Waals surface area contributed by atoms with Crippen LogP contribution < -0.4 is 4.90 Å². The Bertz CT molecular complexity index is 515. The summed E-state index contributed by atoms with van der Waals surface area (Å²) in [4.78, 5) is 2.31. The van der Waals surface area contributed by atoms with Crippen LogP contribution in [0, 0.1) is 11.3 Å². The summed E-state index contributed by atoms with van der Waals surface area (Å²) in [5.74, 6) is 0. The third kappa shape index (κ3) is 3.29. The molecule has 1 fully saturated rings. The molecular formula is C15H19BrN2O. The minimum Gasteiger partial charge on any atom is -0.366 e. The summed E-state index contributed by atoms with van der Waals surface area (Å²) in [6, 6.07) is 8.03. The zero-order valence-corrected chi connectivity index (χ0v) is 13.4. The molecule has 0 unspecified atom stereocenters. The van der Waals surface area contributed by atoms with Crippen molar-refractivity contribution in [2.45, 2.75) is 38.9 Å². The molecule has 102 valence electrons. The highest BCUT2D eigenvalue weighted by atomic mass is 79.9. The first kappa shape index (κ1) is 14.4. The van der Waals surface area contributed by atoms with E-state index in [1.165, 1.54) is 0 Å². The van der Waals surface area contributed by atoms with E-state index in [-0.39, 0.29) is 11.2 Å². The largest absolute Gasteiger partial charge is 0.366 e. The Hall–Kier alpha value is -1.05. The van der Waals surface area contributed by atoms with Crippen LogP contribution in [-0.2, 0) is 4.74 Å². The third-order valence-electron chi connectivity index (χ3n) is 3.13. The lowest BCUT2D eigenvalue weighted by Gasteiger charge is -2.48. The van der Waals surface area contributed by atoms with Crippen LogP contribution >= 0.6 is 15.9 Å². The molecule has 0 spiro atoms. The summed E-state index contributed by atoms with van der Waals surface area (Å²) < 4.78 is 6.92. The van der Waals surface area contributed by atoms with Crippen molar-refractivity contribution in [3.63, 3.8) is 0 Å². The summed E-state index contributed by atoms with van der Waals surface area (Å²) in [6.07, 6.45) is 0. The average Bonchev–Trinajstić information content (AvgIpc) is 2.24. The number of rotatable bonds is 1. The minimum absolute atomic E-state index is 0.178. The number of morpholine rings is 1. The predicted octanol–water partition coefficient (Wildman–Crippen LogP) is 3.71. The fourth-order valence-corrected chi connectivity index (χ4v) is 3.22. The van der Waals surface area contributed by atoms with Gasteiger partial charge in [0.2, 0.25) is 0 Å². The van der Waals surface area contributed by atoms with Crippen molar-refractivity contribution in [1.82, 2.24) is 0 Å². The van der Waals surface area contributed by atoms with Crippen LogP contribution in [0.3, 0.4) is 0 Å². The van der Waals surface area contributed by atoms with E-state index < -0.39 is 0 Å². The van der Waals surface area contributed by atoms with Gasteiger partial charge in [-0.2, -0.15) is 5.26 Å². The second-order valence-corrected chi connectivity index (χ2v) is 7.11. The molecule has 1 aromatic carbocycles. The number of hydrogen-bond acceptors (Lipinski definition) is 3. The Morgan fingerprint density at radius 3 is 2.26 bits per heavy atom. The average molecular weight is 323 g/mol. The Kier molecular flexibility index (Phi) is 3.63. The molecule has 4 heteroatoms. The molecule has 0 saturated carbocycles. The van der Waals surface area contributed by atoms with E-state index in [0.29, 0.717) is 5.56 Å². The monoisotopic (exact) mass is 322 g/mol. The van der Waals surface area contributed by atoms with Gasteiger partial charge >= 0.3 is 0 Å². The van der Waals surface area contributed by atoms with E-state index in [4.69, 9.17) is 10.00 Å². The molecule has 3 nitrogen and oxygen atoms in total. The Balaban J connectivity index is 2.31. The molecule has 0 aliphatic carbocycles. The highest BCUT2D eigenvalue weighted by Crippen LogP contribution is 2.33. The van der Waals surface area contributed by atoms with Gasteiger partial charge in [0.15, 0.2) is 0 Å². The fourth-order valence-electron chi connectivity index (χ4n) is 2.76. The van der Waals surface area contributed by atoms with E-state index in [1.54, 1.807) is 0 Å². The summed E-state index contributed by atoms with van der Waals surface area (Å²) in [6.45, 7) is 10.1. The third-order valence-corrected chi connectivity index (χ3v) is 3.79. The van der Waals surface area contributed by atoms with Gasteiger partial charge in [0.05, 0.1) is 16.8 Å². The number of nitriles is 1. The summed E-state index contributed by atoms with van der Waals surface area (Å²) in [5, 5.41) is 8.97. The maximum atomic E-state index is 8.97.